The molecule has 3 amide bonds. The van der Waals surface area contributed by atoms with Gasteiger partial charge in [0.25, 0.3) is 0 Å². The Bertz CT molecular complexity index is 1310. The second-order valence-corrected chi connectivity index (χ2v) is 13.0. The molecule has 1 aromatic heterocycles. The van der Waals surface area contributed by atoms with Crippen LogP contribution in [-0.2, 0) is 19.7 Å². The Balaban J connectivity index is 1.18. The lowest BCUT2D eigenvalue weighted by atomic mass is 9.96. The highest BCUT2D eigenvalue weighted by Crippen LogP contribution is 2.52. The van der Waals surface area contributed by atoms with Crippen molar-refractivity contribution in [2.75, 3.05) is 26.2 Å². The van der Waals surface area contributed by atoms with E-state index in [0.29, 0.717) is 44.2 Å². The fourth-order valence-electron chi connectivity index (χ4n) is 5.83. The van der Waals surface area contributed by atoms with Gasteiger partial charge in [0, 0.05) is 37.5 Å². The molecule has 1 aliphatic heterocycles. The number of amides is 3. The lowest BCUT2D eigenvalue weighted by Gasteiger charge is -2.32. The van der Waals surface area contributed by atoms with E-state index in [1.54, 1.807) is 38.7 Å². The normalized spacial score (nSPS) is 21.8. The Morgan fingerprint density at radius 2 is 1.91 bits per heavy atom. The van der Waals surface area contributed by atoms with Crippen molar-refractivity contribution in [3.8, 4) is 0 Å². The molecule has 2 aromatic rings. The van der Waals surface area contributed by atoms with Crippen molar-refractivity contribution in [2.45, 2.75) is 94.7 Å². The molecule has 0 spiro atoms. The van der Waals surface area contributed by atoms with Crippen LogP contribution in [0.15, 0.2) is 47.5 Å². The molecule has 2 aliphatic carbocycles. The first-order chi connectivity index (χ1) is 20.5. The Morgan fingerprint density at radius 3 is 2.53 bits per heavy atom. The average molecular weight is 594 g/mol. The van der Waals surface area contributed by atoms with Gasteiger partial charge in [-0.25, -0.2) is 9.59 Å². The van der Waals surface area contributed by atoms with E-state index in [1.165, 1.54) is 5.56 Å². The Labute approximate surface area is 253 Å². The predicted molar refractivity (Wildman–Crippen MR) is 158 cm³/mol. The van der Waals surface area contributed by atoms with Crippen LogP contribution < -0.4 is 5.32 Å². The topological polar surface area (TPSA) is 127 Å². The predicted octanol–water partition coefficient (Wildman–Crippen LogP) is 4.90. The number of nitrogens with one attached hydrogen (secondary N) is 1. The lowest BCUT2D eigenvalue weighted by molar-refractivity contribution is -0.134. The number of carbonyl (C=O) groups is 3. The quantitative estimate of drug-likeness (QED) is 0.386. The molecule has 2 heterocycles. The SMILES string of the molecule is C=CCOC(=O)N(CC1(c2noc(C3CCN(C(=O)[C@H](C)NC(=O)OC(C)(C)C)CC3)n2)CC1)[C@@H]1C[C@H]1c1ccccc1. The van der Waals surface area contributed by atoms with Crippen molar-refractivity contribution in [1.82, 2.24) is 25.3 Å². The molecule has 0 unspecified atom stereocenters. The Kier molecular flexibility index (Phi) is 8.80. The van der Waals surface area contributed by atoms with E-state index in [4.69, 9.17) is 19.0 Å². The van der Waals surface area contributed by atoms with E-state index in [-0.39, 0.29) is 41.9 Å². The van der Waals surface area contributed by atoms with Crippen LogP contribution in [0.4, 0.5) is 9.59 Å². The maximum absolute atomic E-state index is 13.1. The number of benzene rings is 1. The van der Waals surface area contributed by atoms with Crippen LogP contribution in [0.5, 0.6) is 0 Å². The van der Waals surface area contributed by atoms with Gasteiger partial charge in [0.05, 0.1) is 5.41 Å². The molecule has 1 aromatic carbocycles. The second-order valence-electron chi connectivity index (χ2n) is 13.0. The first-order valence-electron chi connectivity index (χ1n) is 15.2. The van der Waals surface area contributed by atoms with E-state index < -0.39 is 17.7 Å². The molecular formula is C32H43N5O6. The van der Waals surface area contributed by atoms with Gasteiger partial charge in [-0.05, 0) is 65.4 Å². The third-order valence-corrected chi connectivity index (χ3v) is 8.45. The van der Waals surface area contributed by atoms with Gasteiger partial charge in [-0.1, -0.05) is 48.1 Å². The maximum Gasteiger partial charge on any atom is 0.410 e. The number of piperidine rings is 1. The zero-order valence-electron chi connectivity index (χ0n) is 25.6. The molecule has 43 heavy (non-hydrogen) atoms. The van der Waals surface area contributed by atoms with Crippen LogP contribution in [0.3, 0.4) is 0 Å². The summed E-state index contributed by atoms with van der Waals surface area (Å²) in [4.78, 5) is 46.6. The molecule has 11 nitrogen and oxygen atoms in total. The molecule has 232 valence electrons. The van der Waals surface area contributed by atoms with Gasteiger partial charge in [0.1, 0.15) is 18.2 Å². The number of hydrogen-bond donors (Lipinski definition) is 1. The van der Waals surface area contributed by atoms with Gasteiger partial charge in [0.2, 0.25) is 11.8 Å². The van der Waals surface area contributed by atoms with Crippen molar-refractivity contribution in [3.05, 3.63) is 60.3 Å². The van der Waals surface area contributed by atoms with Crippen molar-refractivity contribution < 1.29 is 28.4 Å². The minimum Gasteiger partial charge on any atom is -0.445 e. The van der Waals surface area contributed by atoms with Crippen LogP contribution in [-0.4, -0.2) is 82.0 Å². The highest BCUT2D eigenvalue weighted by molar-refractivity contribution is 5.85. The van der Waals surface area contributed by atoms with Crippen LogP contribution in [0, 0.1) is 0 Å². The van der Waals surface area contributed by atoms with Crippen molar-refractivity contribution in [2.24, 2.45) is 0 Å². The number of rotatable bonds is 10. The van der Waals surface area contributed by atoms with E-state index in [0.717, 1.165) is 19.3 Å². The van der Waals surface area contributed by atoms with E-state index in [1.807, 2.05) is 23.1 Å². The van der Waals surface area contributed by atoms with Crippen LogP contribution in [0.1, 0.15) is 88.9 Å². The second kappa shape index (κ2) is 12.4. The van der Waals surface area contributed by atoms with Crippen molar-refractivity contribution in [3.63, 3.8) is 0 Å². The van der Waals surface area contributed by atoms with Gasteiger partial charge < -0.3 is 29.1 Å². The summed E-state index contributed by atoms with van der Waals surface area (Å²) in [6, 6.07) is 9.63. The number of hydrogen-bond acceptors (Lipinski definition) is 8. The summed E-state index contributed by atoms with van der Waals surface area (Å²) in [7, 11) is 0. The van der Waals surface area contributed by atoms with Gasteiger partial charge in [0.15, 0.2) is 5.82 Å². The zero-order chi connectivity index (χ0) is 30.8. The van der Waals surface area contributed by atoms with E-state index in [9.17, 15) is 14.4 Å². The van der Waals surface area contributed by atoms with Crippen LogP contribution >= 0.6 is 0 Å². The molecule has 1 N–H and O–H groups in total. The third kappa shape index (κ3) is 7.37. The molecule has 3 aliphatic rings. The summed E-state index contributed by atoms with van der Waals surface area (Å²) in [6.07, 6.45) is 4.62. The minimum atomic E-state index is -0.690. The molecule has 1 saturated heterocycles. The summed E-state index contributed by atoms with van der Waals surface area (Å²) in [5.41, 5.74) is 0.238. The Morgan fingerprint density at radius 1 is 1.21 bits per heavy atom. The smallest absolute Gasteiger partial charge is 0.410 e. The fourth-order valence-corrected chi connectivity index (χ4v) is 5.83. The van der Waals surface area contributed by atoms with Crippen molar-refractivity contribution >= 4 is 18.1 Å². The number of aromatic nitrogens is 2. The largest absolute Gasteiger partial charge is 0.445 e. The number of carbonyl (C=O) groups excluding carboxylic acids is 3. The highest BCUT2D eigenvalue weighted by atomic mass is 16.6. The molecular weight excluding hydrogens is 550 g/mol. The summed E-state index contributed by atoms with van der Waals surface area (Å²) >= 11 is 0. The highest BCUT2D eigenvalue weighted by Gasteiger charge is 2.55. The van der Waals surface area contributed by atoms with E-state index in [2.05, 4.69) is 29.2 Å². The number of alkyl carbamates (subject to hydrolysis) is 1. The summed E-state index contributed by atoms with van der Waals surface area (Å²) in [5, 5.41) is 7.01. The molecule has 3 fully saturated rings. The minimum absolute atomic E-state index is 0.0368. The molecule has 3 atom stereocenters. The van der Waals surface area contributed by atoms with Crippen molar-refractivity contribution in [1.29, 1.82) is 0 Å². The van der Waals surface area contributed by atoms with Crippen LogP contribution in [0.25, 0.3) is 0 Å². The maximum atomic E-state index is 13.1. The molecule has 5 rings (SSSR count). The lowest BCUT2D eigenvalue weighted by Crippen LogP contribution is -2.50. The van der Waals surface area contributed by atoms with Gasteiger partial charge >= 0.3 is 12.2 Å². The summed E-state index contributed by atoms with van der Waals surface area (Å²) in [5.74, 6) is 1.38. The number of nitrogens with zero attached hydrogens (tertiary/aromatic N) is 4. The summed E-state index contributed by atoms with van der Waals surface area (Å²) < 4.78 is 16.5. The molecule has 2 saturated carbocycles. The Hall–Kier alpha value is -3.89. The first kappa shape index (κ1) is 30.6. The summed E-state index contributed by atoms with van der Waals surface area (Å²) in [6.45, 7) is 12.4. The standard InChI is InChI=1S/C32H43N5O6/c1-6-18-41-30(40)37(25-19-24(25)22-10-8-7-9-11-22)20-32(14-15-32)28-34-26(43-35-28)23-12-16-36(17-13-23)27(38)21(2)33-29(39)42-31(3,4)5/h6-11,21,23-25H,1,12-20H2,2-5H3,(H,33,39)/t21-,24-,25+/m0/s1. The molecule has 0 radical (unpaired) electrons. The van der Waals surface area contributed by atoms with Gasteiger partial charge in [-0.15, -0.1) is 0 Å². The van der Waals surface area contributed by atoms with Crippen LogP contribution in [0.2, 0.25) is 0 Å². The number of likely N-dealkylation sites (tertiary alicyclic amines) is 1. The fraction of sp³-hybridized carbons (Fsp3) is 0.594. The number of ether oxygens (including phenoxy) is 2. The third-order valence-electron chi connectivity index (χ3n) is 8.45. The zero-order valence-corrected chi connectivity index (χ0v) is 25.6. The average Bonchev–Trinajstić information content (AvgIpc) is 3.89. The van der Waals surface area contributed by atoms with Gasteiger partial charge in [-0.2, -0.15) is 4.98 Å². The first-order valence-corrected chi connectivity index (χ1v) is 15.2. The monoisotopic (exact) mass is 593 g/mol. The molecule has 0 bridgehead atoms. The van der Waals surface area contributed by atoms with Gasteiger partial charge in [-0.3, -0.25) is 4.79 Å². The van der Waals surface area contributed by atoms with E-state index >= 15 is 0 Å². The molecule has 11 heteroatoms.